The molecule has 3 aromatic rings. The highest BCUT2D eigenvalue weighted by atomic mass is 32.2. The number of nitrogens with one attached hydrogen (secondary N) is 1. The van der Waals surface area contributed by atoms with Gasteiger partial charge < -0.3 is 14.5 Å². The Bertz CT molecular complexity index is 1130. The number of furan rings is 1. The van der Waals surface area contributed by atoms with Crippen LogP contribution in [0.2, 0.25) is 0 Å². The molecule has 1 unspecified atom stereocenters. The van der Waals surface area contributed by atoms with Crippen molar-refractivity contribution < 1.29 is 22.4 Å². The lowest BCUT2D eigenvalue weighted by molar-refractivity contribution is -0.122. The Labute approximate surface area is 189 Å². The molecule has 7 nitrogen and oxygen atoms in total. The van der Waals surface area contributed by atoms with E-state index in [0.717, 1.165) is 15.4 Å². The van der Waals surface area contributed by atoms with Gasteiger partial charge in [-0.15, -0.1) is 0 Å². The molecule has 2 aromatic carbocycles. The quantitative estimate of drug-likeness (QED) is 0.497. The highest BCUT2D eigenvalue weighted by molar-refractivity contribution is 7.89. The van der Waals surface area contributed by atoms with Crippen molar-refractivity contribution in [3.05, 3.63) is 83.8 Å². The van der Waals surface area contributed by atoms with E-state index in [1.807, 2.05) is 45.0 Å². The van der Waals surface area contributed by atoms with Gasteiger partial charge in [0.15, 0.2) is 0 Å². The minimum Gasteiger partial charge on any atom is -0.494 e. The molecule has 1 heterocycles. The van der Waals surface area contributed by atoms with Crippen molar-refractivity contribution in [2.24, 2.45) is 0 Å². The second-order valence-electron chi connectivity index (χ2n) is 7.40. The molecule has 0 spiro atoms. The number of nitrogens with zero attached hydrogens (tertiary/aromatic N) is 1. The maximum absolute atomic E-state index is 13.3. The minimum absolute atomic E-state index is 0.0608. The highest BCUT2D eigenvalue weighted by Crippen LogP contribution is 2.22. The Hall–Kier alpha value is -3.10. The van der Waals surface area contributed by atoms with Crippen LogP contribution in [-0.2, 0) is 21.4 Å². The van der Waals surface area contributed by atoms with Crippen LogP contribution in [0.4, 0.5) is 0 Å². The molecule has 0 aliphatic rings. The van der Waals surface area contributed by atoms with Crippen molar-refractivity contribution in [1.82, 2.24) is 9.62 Å². The zero-order chi connectivity index (χ0) is 23.1. The molecular weight excluding hydrogens is 428 g/mol. The molecule has 32 heavy (non-hydrogen) atoms. The van der Waals surface area contributed by atoms with E-state index in [0.29, 0.717) is 18.1 Å². The summed E-state index contributed by atoms with van der Waals surface area (Å²) in [6.45, 7) is 5.78. The molecule has 3 rings (SSSR count). The topological polar surface area (TPSA) is 88.9 Å². The summed E-state index contributed by atoms with van der Waals surface area (Å²) in [5.74, 6) is 0.620. The molecule has 0 fully saturated rings. The SMILES string of the molecule is CCOc1ccc(S(=O)(=O)N(CC(=O)NC(C)c2ccccc2C)Cc2ccco2)cc1. The molecule has 0 bridgehead atoms. The van der Waals surface area contributed by atoms with Gasteiger partial charge >= 0.3 is 0 Å². The fourth-order valence-corrected chi connectivity index (χ4v) is 4.79. The number of ether oxygens (including phenoxy) is 1. The van der Waals surface area contributed by atoms with Crippen molar-refractivity contribution >= 4 is 15.9 Å². The normalized spacial score (nSPS) is 12.5. The summed E-state index contributed by atoms with van der Waals surface area (Å²) in [6, 6.07) is 17.0. The molecule has 1 N–H and O–H groups in total. The van der Waals surface area contributed by atoms with Crippen molar-refractivity contribution in [2.75, 3.05) is 13.2 Å². The van der Waals surface area contributed by atoms with Gasteiger partial charge in [0.25, 0.3) is 0 Å². The maximum Gasteiger partial charge on any atom is 0.243 e. The van der Waals surface area contributed by atoms with E-state index in [-0.39, 0.29) is 24.0 Å². The first kappa shape index (κ1) is 23.6. The fourth-order valence-electron chi connectivity index (χ4n) is 3.42. The average Bonchev–Trinajstić information content (AvgIpc) is 3.27. The van der Waals surface area contributed by atoms with Gasteiger partial charge in [-0.1, -0.05) is 24.3 Å². The molecule has 0 aliphatic carbocycles. The number of rotatable bonds is 10. The number of benzene rings is 2. The standard InChI is InChI=1S/C24H28N2O5S/c1-4-30-20-11-13-22(14-12-20)32(28,29)26(16-21-9-7-15-31-21)17-24(27)25-19(3)23-10-6-5-8-18(23)2/h5-15,19H,4,16-17H2,1-3H3,(H,25,27). The number of hydrogen-bond acceptors (Lipinski definition) is 5. The lowest BCUT2D eigenvalue weighted by atomic mass is 10.0. The Morgan fingerprint density at radius 1 is 1.09 bits per heavy atom. The van der Waals surface area contributed by atoms with Gasteiger partial charge in [0, 0.05) is 0 Å². The summed E-state index contributed by atoms with van der Waals surface area (Å²) in [7, 11) is -3.96. The van der Waals surface area contributed by atoms with E-state index in [9.17, 15) is 13.2 Å². The van der Waals surface area contributed by atoms with Gasteiger partial charge in [0.2, 0.25) is 15.9 Å². The van der Waals surface area contributed by atoms with Gasteiger partial charge in [-0.05, 0) is 68.3 Å². The minimum atomic E-state index is -3.96. The first-order valence-electron chi connectivity index (χ1n) is 10.4. The molecule has 0 saturated carbocycles. The molecule has 1 atom stereocenters. The van der Waals surface area contributed by atoms with E-state index in [1.54, 1.807) is 24.3 Å². The third kappa shape index (κ3) is 5.77. The summed E-state index contributed by atoms with van der Waals surface area (Å²) in [5.41, 5.74) is 2.03. The van der Waals surface area contributed by atoms with Crippen molar-refractivity contribution in [3.8, 4) is 5.75 Å². The van der Waals surface area contributed by atoms with Crippen molar-refractivity contribution in [3.63, 3.8) is 0 Å². The van der Waals surface area contributed by atoms with Gasteiger partial charge in [-0.25, -0.2) is 8.42 Å². The van der Waals surface area contributed by atoms with Crippen molar-refractivity contribution in [1.29, 1.82) is 0 Å². The van der Waals surface area contributed by atoms with E-state index in [2.05, 4.69) is 5.32 Å². The van der Waals surface area contributed by atoms with Gasteiger partial charge in [0.1, 0.15) is 11.5 Å². The molecule has 0 radical (unpaired) electrons. The predicted molar refractivity (Wildman–Crippen MR) is 122 cm³/mol. The zero-order valence-corrected chi connectivity index (χ0v) is 19.3. The van der Waals surface area contributed by atoms with Crippen LogP contribution in [0.15, 0.2) is 76.2 Å². The van der Waals surface area contributed by atoms with Crippen LogP contribution in [0.1, 0.15) is 36.8 Å². The number of carbonyl (C=O) groups excluding carboxylic acids is 1. The molecule has 0 saturated heterocycles. The van der Waals surface area contributed by atoms with Gasteiger partial charge in [0.05, 0.1) is 36.9 Å². The molecular formula is C24H28N2O5S. The molecule has 1 amide bonds. The van der Waals surface area contributed by atoms with E-state index in [4.69, 9.17) is 9.15 Å². The summed E-state index contributed by atoms with van der Waals surface area (Å²) >= 11 is 0. The average molecular weight is 457 g/mol. The van der Waals surface area contributed by atoms with Crippen LogP contribution in [0.3, 0.4) is 0 Å². The highest BCUT2D eigenvalue weighted by Gasteiger charge is 2.28. The fraction of sp³-hybridized carbons (Fsp3) is 0.292. The zero-order valence-electron chi connectivity index (χ0n) is 18.4. The van der Waals surface area contributed by atoms with Crippen molar-refractivity contribution in [2.45, 2.75) is 38.3 Å². The summed E-state index contributed by atoms with van der Waals surface area (Å²) < 4.78 is 38.5. The third-order valence-corrected chi connectivity index (χ3v) is 6.84. The number of carbonyl (C=O) groups is 1. The van der Waals surface area contributed by atoms with E-state index < -0.39 is 15.9 Å². The van der Waals surface area contributed by atoms with Crippen LogP contribution in [0.5, 0.6) is 5.75 Å². The molecule has 0 aliphatic heterocycles. The van der Waals surface area contributed by atoms with Crippen LogP contribution in [-0.4, -0.2) is 31.8 Å². The van der Waals surface area contributed by atoms with E-state index in [1.165, 1.54) is 18.4 Å². The van der Waals surface area contributed by atoms with Gasteiger partial charge in [-0.2, -0.15) is 4.31 Å². The number of hydrogen-bond donors (Lipinski definition) is 1. The summed E-state index contributed by atoms with van der Waals surface area (Å²) in [6.07, 6.45) is 1.47. The Kier molecular flexibility index (Phi) is 7.71. The molecule has 170 valence electrons. The Balaban J connectivity index is 1.80. The summed E-state index contributed by atoms with van der Waals surface area (Å²) in [5, 5.41) is 2.90. The second kappa shape index (κ2) is 10.5. The van der Waals surface area contributed by atoms with Crippen LogP contribution < -0.4 is 10.1 Å². The predicted octanol–water partition coefficient (Wildman–Crippen LogP) is 4.06. The monoisotopic (exact) mass is 456 g/mol. The lowest BCUT2D eigenvalue weighted by Gasteiger charge is -2.23. The second-order valence-corrected chi connectivity index (χ2v) is 9.34. The van der Waals surface area contributed by atoms with Crippen LogP contribution in [0.25, 0.3) is 0 Å². The number of sulfonamides is 1. The largest absolute Gasteiger partial charge is 0.494 e. The van der Waals surface area contributed by atoms with Crippen LogP contribution in [0, 0.1) is 6.92 Å². The Morgan fingerprint density at radius 2 is 1.81 bits per heavy atom. The van der Waals surface area contributed by atoms with E-state index >= 15 is 0 Å². The molecule has 1 aromatic heterocycles. The first-order chi connectivity index (χ1) is 15.3. The smallest absolute Gasteiger partial charge is 0.243 e. The van der Waals surface area contributed by atoms with Crippen LogP contribution >= 0.6 is 0 Å². The lowest BCUT2D eigenvalue weighted by Crippen LogP contribution is -2.41. The Morgan fingerprint density at radius 3 is 2.44 bits per heavy atom. The summed E-state index contributed by atoms with van der Waals surface area (Å²) in [4.78, 5) is 12.9. The van der Waals surface area contributed by atoms with Gasteiger partial charge in [-0.3, -0.25) is 4.79 Å². The molecule has 8 heteroatoms. The number of aryl methyl sites for hydroxylation is 1. The number of amides is 1. The third-order valence-electron chi connectivity index (χ3n) is 5.04. The maximum atomic E-state index is 13.3. The first-order valence-corrected chi connectivity index (χ1v) is 11.9.